The van der Waals surface area contributed by atoms with E-state index in [0.717, 1.165) is 50.6 Å². The summed E-state index contributed by atoms with van der Waals surface area (Å²) in [7, 11) is 8.32. The molecule has 0 amide bonds. The number of hydrogen-bond acceptors (Lipinski definition) is 5. The van der Waals surface area contributed by atoms with E-state index >= 15 is 0 Å². The first-order valence-electron chi connectivity index (χ1n) is 12.8. The molecule has 0 spiro atoms. The molecule has 0 unspecified atom stereocenters. The molecular formula is C30H32N8. The zero-order valence-electron chi connectivity index (χ0n) is 22.3. The summed E-state index contributed by atoms with van der Waals surface area (Å²) in [5, 5.41) is 0. The quantitative estimate of drug-likeness (QED) is 0.294. The van der Waals surface area contributed by atoms with Gasteiger partial charge in [0.15, 0.2) is 0 Å². The molecule has 38 heavy (non-hydrogen) atoms. The van der Waals surface area contributed by atoms with E-state index < -0.39 is 0 Å². The van der Waals surface area contributed by atoms with Gasteiger partial charge in [-0.1, -0.05) is 36.4 Å². The van der Waals surface area contributed by atoms with Crippen molar-refractivity contribution in [3.05, 3.63) is 103 Å². The lowest BCUT2D eigenvalue weighted by atomic mass is 10.3. The van der Waals surface area contributed by atoms with E-state index in [4.69, 9.17) is 15.0 Å². The van der Waals surface area contributed by atoms with Gasteiger partial charge in [-0.25, -0.2) is 15.0 Å². The predicted molar refractivity (Wildman–Crippen MR) is 152 cm³/mol. The molecule has 3 aromatic heterocycles. The number of para-hydroxylation sites is 6. The summed E-state index contributed by atoms with van der Waals surface area (Å²) in [6.45, 7) is 2.02. The van der Waals surface area contributed by atoms with Crippen LogP contribution in [0, 0.1) is 0 Å². The van der Waals surface area contributed by atoms with Crippen LogP contribution in [0.1, 0.15) is 17.5 Å². The van der Waals surface area contributed by atoms with E-state index in [0.29, 0.717) is 19.6 Å². The van der Waals surface area contributed by atoms with E-state index in [1.807, 2.05) is 18.2 Å². The Kier molecular flexibility index (Phi) is 6.07. The fourth-order valence-electron chi connectivity index (χ4n) is 5.02. The molecule has 3 aromatic carbocycles. The third kappa shape index (κ3) is 4.38. The summed E-state index contributed by atoms with van der Waals surface area (Å²) in [4.78, 5) is 19.1. The van der Waals surface area contributed by atoms with Gasteiger partial charge in [-0.15, -0.1) is 0 Å². The summed E-state index contributed by atoms with van der Waals surface area (Å²) in [5.41, 5.74) is 6.45. The molecule has 0 aliphatic rings. The molecule has 0 aliphatic heterocycles. The van der Waals surface area contributed by atoms with Gasteiger partial charge < -0.3 is 23.5 Å². The molecule has 0 saturated carbocycles. The Balaban J connectivity index is 1.28. The molecule has 0 N–H and O–H groups in total. The third-order valence-corrected chi connectivity index (χ3v) is 7.25. The van der Waals surface area contributed by atoms with E-state index in [9.17, 15) is 0 Å². The largest absolute Gasteiger partial charge is 0.372 e. The molecule has 6 rings (SSSR count). The molecule has 6 aromatic rings. The Hall–Kier alpha value is -4.59. The third-order valence-electron chi connectivity index (χ3n) is 7.25. The smallest absolute Gasteiger partial charge is 0.129 e. The number of nitrogens with zero attached hydrogens (tertiary/aromatic N) is 8. The van der Waals surface area contributed by atoms with Crippen LogP contribution in [0.25, 0.3) is 33.1 Å². The van der Waals surface area contributed by atoms with Gasteiger partial charge in [0, 0.05) is 40.6 Å². The molecule has 8 nitrogen and oxygen atoms in total. The van der Waals surface area contributed by atoms with Crippen molar-refractivity contribution in [3.63, 3.8) is 0 Å². The topological polar surface area (TPSA) is 59.9 Å². The maximum absolute atomic E-state index is 4.92. The van der Waals surface area contributed by atoms with E-state index in [-0.39, 0.29) is 0 Å². The second-order valence-corrected chi connectivity index (χ2v) is 9.85. The highest BCUT2D eigenvalue weighted by Crippen LogP contribution is 2.20. The van der Waals surface area contributed by atoms with Gasteiger partial charge in [0.2, 0.25) is 0 Å². The van der Waals surface area contributed by atoms with Crippen molar-refractivity contribution >= 4 is 33.1 Å². The highest BCUT2D eigenvalue weighted by Gasteiger charge is 2.15. The normalized spacial score (nSPS) is 11.9. The molecule has 0 fully saturated rings. The number of hydrogen-bond donors (Lipinski definition) is 0. The van der Waals surface area contributed by atoms with Crippen LogP contribution in [0.4, 0.5) is 0 Å². The van der Waals surface area contributed by atoms with Crippen molar-refractivity contribution in [2.75, 3.05) is 7.05 Å². The Bertz CT molecular complexity index is 1690. The van der Waals surface area contributed by atoms with Gasteiger partial charge in [0.05, 0.1) is 52.7 Å². The number of rotatable bonds is 8. The molecule has 3 heterocycles. The number of aryl methyl sites for hydroxylation is 3. The maximum Gasteiger partial charge on any atom is 0.129 e. The molecule has 0 saturated heterocycles. The number of fused-ring (bicyclic) bond motifs is 3. The van der Waals surface area contributed by atoms with E-state index in [1.54, 1.807) is 0 Å². The lowest BCUT2D eigenvalue weighted by Crippen LogP contribution is -2.22. The first-order valence-corrected chi connectivity index (χ1v) is 12.8. The summed E-state index contributed by atoms with van der Waals surface area (Å²) in [5.74, 6) is 3.04. The van der Waals surface area contributed by atoms with Gasteiger partial charge in [0.1, 0.15) is 17.5 Å². The lowest BCUT2D eigenvalue weighted by Gasteiger charge is -2.22. The van der Waals surface area contributed by atoms with Gasteiger partial charge in [-0.3, -0.25) is 0 Å². The second kappa shape index (κ2) is 9.70. The number of aromatic nitrogens is 6. The lowest BCUT2D eigenvalue weighted by molar-refractivity contribution is 0.324. The summed E-state index contributed by atoms with van der Waals surface area (Å²) in [6.07, 6.45) is 4.26. The van der Waals surface area contributed by atoms with Crippen LogP contribution >= 0.6 is 0 Å². The van der Waals surface area contributed by atoms with Crippen LogP contribution in [0.3, 0.4) is 0 Å². The maximum atomic E-state index is 4.92. The fraction of sp³-hybridized carbons (Fsp3) is 0.233. The minimum atomic E-state index is 0.658. The van der Waals surface area contributed by atoms with Gasteiger partial charge >= 0.3 is 0 Å². The SMILES string of the molecule is CN(/C=C/N(Cc1nc2ccccc2n1C)Cc1nc2ccccc2n1C)Cc1nc2ccccc2n1C. The van der Waals surface area contributed by atoms with Crippen LogP contribution < -0.4 is 0 Å². The van der Waals surface area contributed by atoms with Crippen molar-refractivity contribution in [2.45, 2.75) is 19.6 Å². The first kappa shape index (κ1) is 23.8. The zero-order valence-corrected chi connectivity index (χ0v) is 22.3. The minimum absolute atomic E-state index is 0.658. The Morgan fingerprint density at radius 3 is 1.32 bits per heavy atom. The van der Waals surface area contributed by atoms with Gasteiger partial charge in [-0.2, -0.15) is 0 Å². The summed E-state index contributed by atoms with van der Waals surface area (Å²) in [6, 6.07) is 24.8. The molecule has 0 bridgehead atoms. The van der Waals surface area contributed by atoms with Crippen LogP contribution in [-0.4, -0.2) is 45.5 Å². The number of imidazole rings is 3. The van der Waals surface area contributed by atoms with Crippen molar-refractivity contribution in [3.8, 4) is 0 Å². The van der Waals surface area contributed by atoms with E-state index in [2.05, 4.69) is 119 Å². The fourth-order valence-corrected chi connectivity index (χ4v) is 5.02. The highest BCUT2D eigenvalue weighted by atomic mass is 15.2. The number of benzene rings is 3. The summed E-state index contributed by atoms with van der Waals surface area (Å²) < 4.78 is 6.51. The van der Waals surface area contributed by atoms with Crippen molar-refractivity contribution in [1.82, 2.24) is 38.5 Å². The van der Waals surface area contributed by atoms with Gasteiger partial charge in [-0.05, 0) is 36.4 Å². The highest BCUT2D eigenvalue weighted by molar-refractivity contribution is 5.77. The van der Waals surface area contributed by atoms with Crippen LogP contribution in [-0.2, 0) is 40.8 Å². The standard InChI is InChI=1S/C30H32N8/c1-34(19-28-31-22-11-5-8-14-25(22)35(28)2)17-18-38(20-29-32-23-12-6-9-15-26(23)36(29)3)21-30-33-24-13-7-10-16-27(24)37(30)4/h5-18H,19-21H2,1-4H3/b18-17+. The second-order valence-electron chi connectivity index (χ2n) is 9.85. The molecule has 192 valence electrons. The average molecular weight is 505 g/mol. The molecule has 0 atom stereocenters. The Morgan fingerprint density at radius 2 is 0.921 bits per heavy atom. The predicted octanol–water partition coefficient (Wildman–Crippen LogP) is 4.95. The van der Waals surface area contributed by atoms with Crippen molar-refractivity contribution in [1.29, 1.82) is 0 Å². The van der Waals surface area contributed by atoms with Crippen molar-refractivity contribution < 1.29 is 0 Å². The first-order chi connectivity index (χ1) is 18.5. The Morgan fingerprint density at radius 1 is 0.553 bits per heavy atom. The molecule has 8 heteroatoms. The average Bonchev–Trinajstić information content (AvgIpc) is 3.54. The van der Waals surface area contributed by atoms with Crippen LogP contribution in [0.2, 0.25) is 0 Å². The zero-order chi connectivity index (χ0) is 26.2. The van der Waals surface area contributed by atoms with Crippen LogP contribution in [0.15, 0.2) is 85.2 Å². The molecular weight excluding hydrogens is 472 g/mol. The van der Waals surface area contributed by atoms with E-state index in [1.165, 1.54) is 0 Å². The minimum Gasteiger partial charge on any atom is -0.372 e. The van der Waals surface area contributed by atoms with Gasteiger partial charge in [0.25, 0.3) is 0 Å². The molecule has 0 aliphatic carbocycles. The summed E-state index contributed by atoms with van der Waals surface area (Å²) >= 11 is 0. The monoisotopic (exact) mass is 504 g/mol. The van der Waals surface area contributed by atoms with Crippen molar-refractivity contribution in [2.24, 2.45) is 21.1 Å². The van der Waals surface area contributed by atoms with Crippen LogP contribution in [0.5, 0.6) is 0 Å². The Labute approximate surface area is 222 Å². The molecule has 0 radical (unpaired) electrons.